The largest absolute Gasteiger partial charge is 0.481 e. The number of rotatable bonds is 3. The summed E-state index contributed by atoms with van der Waals surface area (Å²) in [5, 5.41) is 9.52. The number of hydrogen-bond donors (Lipinski definition) is 1. The van der Waals surface area contributed by atoms with Crippen LogP contribution < -0.4 is 9.80 Å². The fourth-order valence-corrected chi connectivity index (χ4v) is 3.65. The third kappa shape index (κ3) is 2.46. The number of para-hydroxylation sites is 2. The van der Waals surface area contributed by atoms with E-state index in [1.807, 2.05) is 31.2 Å². The molecule has 4 rings (SSSR count). The summed E-state index contributed by atoms with van der Waals surface area (Å²) in [4.78, 5) is 25.7. The van der Waals surface area contributed by atoms with Crippen LogP contribution in [0.5, 0.6) is 0 Å². The fraction of sp³-hybridized carbons (Fsp3) is 0.500. The topological polar surface area (TPSA) is 69.6 Å². The molecule has 6 nitrogen and oxygen atoms in total. The van der Waals surface area contributed by atoms with Gasteiger partial charge in [-0.3, -0.25) is 4.79 Å². The summed E-state index contributed by atoms with van der Waals surface area (Å²) < 4.78 is 0. The van der Waals surface area contributed by atoms with Crippen LogP contribution in [0.1, 0.15) is 26.2 Å². The second-order valence-electron chi connectivity index (χ2n) is 7.09. The summed E-state index contributed by atoms with van der Waals surface area (Å²) in [6.45, 7) is 4.99. The van der Waals surface area contributed by atoms with E-state index in [0.717, 1.165) is 35.8 Å². The van der Waals surface area contributed by atoms with Gasteiger partial charge in [0.2, 0.25) is 0 Å². The number of carboxylic acids is 1. The molecule has 1 atom stereocenters. The van der Waals surface area contributed by atoms with E-state index in [4.69, 9.17) is 9.97 Å². The van der Waals surface area contributed by atoms with E-state index in [9.17, 15) is 9.90 Å². The van der Waals surface area contributed by atoms with Crippen LogP contribution in [0.2, 0.25) is 0 Å². The highest BCUT2D eigenvalue weighted by molar-refractivity contribution is 5.82. The van der Waals surface area contributed by atoms with Crippen molar-refractivity contribution < 1.29 is 9.90 Å². The van der Waals surface area contributed by atoms with Crippen LogP contribution in [0.15, 0.2) is 24.3 Å². The summed E-state index contributed by atoms with van der Waals surface area (Å²) in [6.07, 6.45) is 2.97. The number of fused-ring (bicyclic) bond motifs is 1. The molecule has 2 aliphatic rings. The molecule has 2 aliphatic heterocycles. The Kier molecular flexibility index (Phi) is 3.55. The monoisotopic (exact) mass is 326 g/mol. The Morgan fingerprint density at radius 3 is 2.17 bits per heavy atom. The molecular weight excluding hydrogens is 304 g/mol. The second-order valence-corrected chi connectivity index (χ2v) is 7.09. The third-order valence-corrected chi connectivity index (χ3v) is 5.23. The molecule has 0 radical (unpaired) electrons. The zero-order chi connectivity index (χ0) is 16.7. The van der Waals surface area contributed by atoms with Crippen molar-refractivity contribution in [1.29, 1.82) is 0 Å². The van der Waals surface area contributed by atoms with Crippen molar-refractivity contribution in [2.75, 3.05) is 36.0 Å². The molecule has 0 spiro atoms. The minimum Gasteiger partial charge on any atom is -0.481 e. The first-order valence-electron chi connectivity index (χ1n) is 8.57. The molecule has 1 N–H and O–H groups in total. The number of hydrogen-bond acceptors (Lipinski definition) is 5. The maximum absolute atomic E-state index is 11.6. The highest BCUT2D eigenvalue weighted by Gasteiger charge is 2.42. The maximum Gasteiger partial charge on any atom is 0.311 e. The van der Waals surface area contributed by atoms with E-state index >= 15 is 0 Å². The predicted octanol–water partition coefficient (Wildman–Crippen LogP) is 2.53. The number of benzene rings is 1. The van der Waals surface area contributed by atoms with Gasteiger partial charge in [-0.25, -0.2) is 9.97 Å². The Morgan fingerprint density at radius 1 is 1.04 bits per heavy atom. The van der Waals surface area contributed by atoms with Gasteiger partial charge in [-0.2, -0.15) is 0 Å². The van der Waals surface area contributed by atoms with E-state index in [2.05, 4.69) is 9.80 Å². The first-order chi connectivity index (χ1) is 11.6. The van der Waals surface area contributed by atoms with E-state index in [0.29, 0.717) is 19.5 Å². The van der Waals surface area contributed by atoms with Crippen molar-refractivity contribution in [2.45, 2.75) is 26.2 Å². The molecule has 0 bridgehead atoms. The van der Waals surface area contributed by atoms with Crippen molar-refractivity contribution in [3.05, 3.63) is 24.3 Å². The summed E-state index contributed by atoms with van der Waals surface area (Å²) in [5.41, 5.74) is 1.04. The molecule has 24 heavy (non-hydrogen) atoms. The molecule has 2 saturated heterocycles. The molecule has 1 aromatic carbocycles. The molecule has 126 valence electrons. The van der Waals surface area contributed by atoms with E-state index in [-0.39, 0.29) is 0 Å². The van der Waals surface area contributed by atoms with Gasteiger partial charge < -0.3 is 14.9 Å². The van der Waals surface area contributed by atoms with Crippen LogP contribution in [0.4, 0.5) is 11.6 Å². The third-order valence-electron chi connectivity index (χ3n) is 5.23. The minimum atomic E-state index is -0.735. The molecule has 2 fully saturated rings. The fourth-order valence-electron chi connectivity index (χ4n) is 3.65. The van der Waals surface area contributed by atoms with Gasteiger partial charge in [-0.05, 0) is 38.3 Å². The Balaban J connectivity index is 1.78. The maximum atomic E-state index is 11.6. The summed E-state index contributed by atoms with van der Waals surface area (Å²) >= 11 is 0. The molecule has 1 aromatic heterocycles. The molecule has 6 heteroatoms. The quantitative estimate of drug-likeness (QED) is 0.935. The number of carbonyl (C=O) groups is 1. The van der Waals surface area contributed by atoms with Crippen molar-refractivity contribution in [2.24, 2.45) is 5.41 Å². The lowest BCUT2D eigenvalue weighted by Crippen LogP contribution is -2.33. The van der Waals surface area contributed by atoms with Crippen LogP contribution in [-0.2, 0) is 4.79 Å². The standard InChI is InChI=1S/C18H22N4O2/c1-18(17(23)24)8-11-22(12-18)16-15(21-9-4-5-10-21)19-13-6-2-3-7-14(13)20-16/h2-3,6-7H,4-5,8-12H2,1H3,(H,23,24). The Labute approximate surface area is 141 Å². The lowest BCUT2D eigenvalue weighted by molar-refractivity contribution is -0.146. The van der Waals surface area contributed by atoms with Gasteiger partial charge in [-0.15, -0.1) is 0 Å². The number of carboxylic acid groups (broad SMARTS) is 1. The SMILES string of the molecule is CC1(C(=O)O)CCN(c2nc3ccccc3nc2N2CCCC2)C1. The zero-order valence-electron chi connectivity index (χ0n) is 13.9. The lowest BCUT2D eigenvalue weighted by Gasteiger charge is -2.26. The molecule has 0 aliphatic carbocycles. The summed E-state index contributed by atoms with van der Waals surface area (Å²) in [6, 6.07) is 7.88. The second kappa shape index (κ2) is 5.61. The van der Waals surface area contributed by atoms with Gasteiger partial charge in [0, 0.05) is 26.2 Å². The summed E-state index contributed by atoms with van der Waals surface area (Å²) in [7, 11) is 0. The number of aromatic nitrogens is 2. The van der Waals surface area contributed by atoms with Crippen LogP contribution in [0.3, 0.4) is 0 Å². The molecule has 2 aromatic rings. The van der Waals surface area contributed by atoms with Gasteiger partial charge >= 0.3 is 5.97 Å². The van der Waals surface area contributed by atoms with E-state index in [1.54, 1.807) is 0 Å². The predicted molar refractivity (Wildman–Crippen MR) is 93.6 cm³/mol. The Hall–Kier alpha value is -2.37. The van der Waals surface area contributed by atoms with Crippen molar-refractivity contribution in [3.63, 3.8) is 0 Å². The molecule has 3 heterocycles. The van der Waals surface area contributed by atoms with Gasteiger partial charge in [0.05, 0.1) is 16.4 Å². The van der Waals surface area contributed by atoms with Crippen LogP contribution in [-0.4, -0.2) is 47.2 Å². The van der Waals surface area contributed by atoms with Crippen LogP contribution >= 0.6 is 0 Å². The first kappa shape index (κ1) is 15.2. The molecule has 1 unspecified atom stereocenters. The zero-order valence-corrected chi connectivity index (χ0v) is 13.9. The highest BCUT2D eigenvalue weighted by Crippen LogP contribution is 2.37. The highest BCUT2D eigenvalue weighted by atomic mass is 16.4. The average molecular weight is 326 g/mol. The molecule has 0 saturated carbocycles. The average Bonchev–Trinajstić information content (AvgIpc) is 3.24. The van der Waals surface area contributed by atoms with Crippen LogP contribution in [0, 0.1) is 5.41 Å². The van der Waals surface area contributed by atoms with E-state index in [1.165, 1.54) is 12.8 Å². The van der Waals surface area contributed by atoms with E-state index < -0.39 is 11.4 Å². The first-order valence-corrected chi connectivity index (χ1v) is 8.57. The Morgan fingerprint density at radius 2 is 1.62 bits per heavy atom. The molecule has 0 amide bonds. The van der Waals surface area contributed by atoms with Gasteiger partial charge in [0.15, 0.2) is 11.6 Å². The van der Waals surface area contributed by atoms with Crippen molar-refractivity contribution in [1.82, 2.24) is 9.97 Å². The summed E-state index contributed by atoms with van der Waals surface area (Å²) in [5.74, 6) is 1.00. The minimum absolute atomic E-state index is 0.482. The lowest BCUT2D eigenvalue weighted by atomic mass is 9.90. The number of nitrogens with zero attached hydrogens (tertiary/aromatic N) is 4. The molecular formula is C18H22N4O2. The normalized spacial score (nSPS) is 24.0. The Bertz CT molecular complexity index is 788. The van der Waals surface area contributed by atoms with Crippen molar-refractivity contribution in [3.8, 4) is 0 Å². The van der Waals surface area contributed by atoms with Crippen LogP contribution in [0.25, 0.3) is 11.0 Å². The van der Waals surface area contributed by atoms with Gasteiger partial charge in [0.25, 0.3) is 0 Å². The van der Waals surface area contributed by atoms with Gasteiger partial charge in [0.1, 0.15) is 0 Å². The number of anilines is 2. The van der Waals surface area contributed by atoms with Crippen molar-refractivity contribution >= 4 is 28.6 Å². The smallest absolute Gasteiger partial charge is 0.311 e. The van der Waals surface area contributed by atoms with Gasteiger partial charge in [-0.1, -0.05) is 12.1 Å². The number of aliphatic carboxylic acids is 1.